The smallest absolute Gasteiger partial charge is 0.360 e. The Morgan fingerprint density at radius 2 is 1.66 bits per heavy atom. The van der Waals surface area contributed by atoms with E-state index in [-0.39, 0.29) is 24.1 Å². The van der Waals surface area contributed by atoms with Crippen molar-refractivity contribution in [2.75, 3.05) is 37.7 Å². The number of rotatable bonds is 4. The fraction of sp³-hybridized carbons (Fsp3) is 0.565. The Morgan fingerprint density at radius 3 is 2.34 bits per heavy atom. The van der Waals surface area contributed by atoms with Gasteiger partial charge in [-0.3, -0.25) is 4.79 Å². The molecule has 2 heterocycles. The summed E-state index contributed by atoms with van der Waals surface area (Å²) >= 11 is 12.3. The lowest BCUT2D eigenvalue weighted by Gasteiger charge is -2.28. The minimum absolute atomic E-state index is 0.151. The van der Waals surface area contributed by atoms with E-state index in [0.717, 1.165) is 32.1 Å². The lowest BCUT2D eigenvalue weighted by molar-refractivity contribution is -0.136. The molecule has 1 aromatic carbocycles. The molecule has 0 bridgehead atoms. The third-order valence-electron chi connectivity index (χ3n) is 6.22. The van der Waals surface area contributed by atoms with Gasteiger partial charge in [-0.2, -0.15) is 0 Å². The molecule has 4 rings (SSSR count). The van der Waals surface area contributed by atoms with E-state index in [9.17, 15) is 9.59 Å². The maximum Gasteiger partial charge on any atom is 0.360 e. The Morgan fingerprint density at radius 1 is 0.969 bits per heavy atom. The highest BCUT2D eigenvalue weighted by Crippen LogP contribution is 2.30. The fourth-order valence-electron chi connectivity index (χ4n) is 4.56. The Hall–Kier alpha value is -2.12. The number of aromatic nitrogens is 2. The molecule has 0 spiro atoms. The van der Waals surface area contributed by atoms with Crippen molar-refractivity contribution in [1.29, 1.82) is 0 Å². The monoisotopic (exact) mass is 478 g/mol. The van der Waals surface area contributed by atoms with Gasteiger partial charge in [-0.15, -0.1) is 0 Å². The third kappa shape index (κ3) is 4.94. The number of carbonyl (C=O) groups is 2. The summed E-state index contributed by atoms with van der Waals surface area (Å²) in [6, 6.07) is 3.26. The van der Waals surface area contributed by atoms with Gasteiger partial charge in [-0.25, -0.2) is 14.8 Å². The largest absolute Gasteiger partial charge is 0.461 e. The van der Waals surface area contributed by atoms with E-state index < -0.39 is 5.97 Å². The topological polar surface area (TPSA) is 75.6 Å². The molecule has 0 unspecified atom stereocenters. The van der Waals surface area contributed by atoms with Crippen molar-refractivity contribution in [3.05, 3.63) is 27.9 Å². The molecule has 1 aliphatic heterocycles. The third-order valence-corrected chi connectivity index (χ3v) is 6.94. The van der Waals surface area contributed by atoms with Crippen molar-refractivity contribution in [3.8, 4) is 0 Å². The van der Waals surface area contributed by atoms with Gasteiger partial charge in [0.05, 0.1) is 27.7 Å². The quantitative estimate of drug-likeness (QED) is 0.591. The van der Waals surface area contributed by atoms with Crippen molar-refractivity contribution in [2.24, 2.45) is 5.92 Å². The molecule has 7 nitrogen and oxygen atoms in total. The zero-order valence-electron chi connectivity index (χ0n) is 18.3. The second kappa shape index (κ2) is 10.2. The van der Waals surface area contributed by atoms with Crippen LogP contribution in [-0.2, 0) is 9.53 Å². The number of nitrogens with zero attached hydrogens (tertiary/aromatic N) is 4. The van der Waals surface area contributed by atoms with Crippen LogP contribution in [0.1, 0.15) is 55.9 Å². The number of benzene rings is 1. The van der Waals surface area contributed by atoms with E-state index in [2.05, 4.69) is 4.98 Å². The number of halogens is 2. The summed E-state index contributed by atoms with van der Waals surface area (Å²) in [4.78, 5) is 39.0. The van der Waals surface area contributed by atoms with E-state index in [1.165, 1.54) is 6.42 Å². The van der Waals surface area contributed by atoms with Gasteiger partial charge in [0.15, 0.2) is 11.5 Å². The Bertz CT molecular complexity index is 1010. The number of anilines is 1. The average molecular weight is 479 g/mol. The lowest BCUT2D eigenvalue weighted by atomic mass is 9.88. The van der Waals surface area contributed by atoms with Crippen molar-refractivity contribution in [3.63, 3.8) is 0 Å². The molecule has 9 heteroatoms. The number of carbonyl (C=O) groups excluding carboxylic acids is 2. The second-order valence-electron chi connectivity index (χ2n) is 8.37. The van der Waals surface area contributed by atoms with Crippen LogP contribution < -0.4 is 4.90 Å². The molecule has 172 valence electrons. The second-order valence-corrected chi connectivity index (χ2v) is 9.19. The van der Waals surface area contributed by atoms with Gasteiger partial charge in [-0.1, -0.05) is 42.5 Å². The SMILES string of the molecule is CCOC(=O)c1nc2cc(Cl)c(Cl)cc2nc1N1CCCN(C(=O)C2CCCCC2)CC1. The minimum Gasteiger partial charge on any atom is -0.461 e. The van der Waals surface area contributed by atoms with E-state index in [4.69, 9.17) is 32.9 Å². The lowest BCUT2D eigenvalue weighted by Crippen LogP contribution is -2.39. The van der Waals surface area contributed by atoms with Crippen LogP contribution in [0.5, 0.6) is 0 Å². The molecular weight excluding hydrogens is 451 g/mol. The van der Waals surface area contributed by atoms with Crippen LogP contribution in [0.3, 0.4) is 0 Å². The zero-order valence-corrected chi connectivity index (χ0v) is 19.8. The summed E-state index contributed by atoms with van der Waals surface area (Å²) in [5.41, 5.74) is 1.20. The van der Waals surface area contributed by atoms with E-state index in [0.29, 0.717) is 53.1 Å². The van der Waals surface area contributed by atoms with E-state index in [1.54, 1.807) is 19.1 Å². The molecule has 1 saturated carbocycles. The fourth-order valence-corrected chi connectivity index (χ4v) is 4.87. The maximum atomic E-state index is 13.0. The summed E-state index contributed by atoms with van der Waals surface area (Å²) in [7, 11) is 0. The maximum absolute atomic E-state index is 13.0. The summed E-state index contributed by atoms with van der Waals surface area (Å²) in [6.45, 7) is 4.54. The van der Waals surface area contributed by atoms with Crippen molar-refractivity contribution in [1.82, 2.24) is 14.9 Å². The molecule has 2 aliphatic rings. The van der Waals surface area contributed by atoms with Crippen molar-refractivity contribution < 1.29 is 14.3 Å². The molecule has 0 N–H and O–H groups in total. The highest BCUT2D eigenvalue weighted by Gasteiger charge is 2.29. The molecule has 2 fully saturated rings. The van der Waals surface area contributed by atoms with Gasteiger partial charge in [0.25, 0.3) is 0 Å². The summed E-state index contributed by atoms with van der Waals surface area (Å²) in [5, 5.41) is 0.728. The summed E-state index contributed by atoms with van der Waals surface area (Å²) in [5.74, 6) is 0.351. The highest BCUT2D eigenvalue weighted by atomic mass is 35.5. The predicted molar refractivity (Wildman–Crippen MR) is 125 cm³/mol. The van der Waals surface area contributed by atoms with Crippen LogP contribution in [0.25, 0.3) is 11.0 Å². The molecule has 0 radical (unpaired) electrons. The molecule has 0 atom stereocenters. The molecule has 2 aromatic rings. The first-order chi connectivity index (χ1) is 15.5. The number of fused-ring (bicyclic) bond motifs is 1. The number of hydrogen-bond donors (Lipinski definition) is 0. The Balaban J connectivity index is 1.61. The molecule has 1 aliphatic carbocycles. The molecule has 1 saturated heterocycles. The molecule has 1 aromatic heterocycles. The van der Waals surface area contributed by atoms with Gasteiger partial charge in [0.2, 0.25) is 5.91 Å². The molecular formula is C23H28Cl2N4O3. The summed E-state index contributed by atoms with van der Waals surface area (Å²) in [6.07, 6.45) is 6.28. The summed E-state index contributed by atoms with van der Waals surface area (Å²) < 4.78 is 5.24. The van der Waals surface area contributed by atoms with Crippen molar-refractivity contribution >= 4 is 51.9 Å². The van der Waals surface area contributed by atoms with Gasteiger partial charge in [-0.05, 0) is 38.3 Å². The number of ether oxygens (including phenoxy) is 1. The number of hydrogen-bond acceptors (Lipinski definition) is 6. The van der Waals surface area contributed by atoms with Crippen LogP contribution in [0.2, 0.25) is 10.0 Å². The predicted octanol–water partition coefficient (Wildman–Crippen LogP) is 4.73. The highest BCUT2D eigenvalue weighted by molar-refractivity contribution is 6.42. The van der Waals surface area contributed by atoms with Crippen LogP contribution in [0.4, 0.5) is 5.82 Å². The number of amides is 1. The molecule has 1 amide bonds. The zero-order chi connectivity index (χ0) is 22.7. The van der Waals surface area contributed by atoms with Crippen LogP contribution in [-0.4, -0.2) is 59.5 Å². The van der Waals surface area contributed by atoms with Gasteiger partial charge >= 0.3 is 5.97 Å². The van der Waals surface area contributed by atoms with E-state index >= 15 is 0 Å². The minimum atomic E-state index is -0.526. The first-order valence-corrected chi connectivity index (χ1v) is 12.1. The van der Waals surface area contributed by atoms with Crippen LogP contribution >= 0.6 is 23.2 Å². The van der Waals surface area contributed by atoms with E-state index in [1.807, 2.05) is 9.80 Å². The number of esters is 1. The van der Waals surface area contributed by atoms with Crippen LogP contribution in [0, 0.1) is 5.92 Å². The molecule has 32 heavy (non-hydrogen) atoms. The van der Waals surface area contributed by atoms with Crippen molar-refractivity contribution in [2.45, 2.75) is 45.4 Å². The Kier molecular flexibility index (Phi) is 7.36. The Labute approximate surface area is 198 Å². The normalized spacial score (nSPS) is 18.0. The van der Waals surface area contributed by atoms with Gasteiger partial charge in [0.1, 0.15) is 0 Å². The first kappa shape index (κ1) is 23.1. The van der Waals surface area contributed by atoms with Gasteiger partial charge in [0, 0.05) is 32.1 Å². The van der Waals surface area contributed by atoms with Gasteiger partial charge < -0.3 is 14.5 Å². The first-order valence-electron chi connectivity index (χ1n) is 11.4. The average Bonchev–Trinajstić information content (AvgIpc) is 3.06. The standard InChI is InChI=1S/C23H28Cl2N4O3/c1-2-32-23(31)20-21(27-19-14-17(25)16(24)13-18(19)26-20)28-9-6-10-29(12-11-28)22(30)15-7-4-3-5-8-15/h13-15H,2-12H2,1H3. The van der Waals surface area contributed by atoms with Crippen LogP contribution in [0.15, 0.2) is 12.1 Å².